The van der Waals surface area contributed by atoms with Gasteiger partial charge in [0.1, 0.15) is 5.75 Å². The van der Waals surface area contributed by atoms with Crippen LogP contribution in [-0.4, -0.2) is 59.7 Å². The topological polar surface area (TPSA) is 54.4 Å². The summed E-state index contributed by atoms with van der Waals surface area (Å²) in [5.41, 5.74) is 5.92. The van der Waals surface area contributed by atoms with E-state index >= 15 is 4.39 Å². The van der Waals surface area contributed by atoms with Gasteiger partial charge in [0.2, 0.25) is 5.79 Å². The lowest BCUT2D eigenvalue weighted by molar-refractivity contribution is -0.139. The molecule has 0 spiro atoms. The standard InChI is InChI=1S/C28H33F4N5O/c1-16-12-22-20(6-7-23-25(22)17(2)35-37(23)27(29)8-9-27)26(33-16)21-5-4-18(13-24(21)38-3)34-19-14-36(15-19)11-10-28(30,31)32/h4-7,13,16,19,26,33-34H,8-12,14-15H2,1-3H3/t16-,26+/m1/s1. The van der Waals surface area contributed by atoms with Gasteiger partial charge in [-0.1, -0.05) is 12.1 Å². The van der Waals surface area contributed by atoms with Gasteiger partial charge in [-0.25, -0.2) is 9.07 Å². The van der Waals surface area contributed by atoms with Crippen molar-refractivity contribution in [1.82, 2.24) is 20.0 Å². The van der Waals surface area contributed by atoms with Crippen LogP contribution in [0.2, 0.25) is 0 Å². The highest BCUT2D eigenvalue weighted by Gasteiger charge is 2.47. The second-order valence-corrected chi connectivity index (χ2v) is 11.1. The number of methoxy groups -OCH3 is 1. The molecular formula is C28H33F4N5O. The Bertz CT molecular complexity index is 1360. The molecule has 2 N–H and O–H groups in total. The quantitative estimate of drug-likeness (QED) is 0.398. The highest BCUT2D eigenvalue weighted by Crippen LogP contribution is 2.48. The molecule has 2 atom stereocenters. The Morgan fingerprint density at radius 1 is 1.16 bits per heavy atom. The third kappa shape index (κ3) is 4.62. The maximum atomic E-state index is 15.0. The molecule has 1 aliphatic carbocycles. The number of nitrogens with one attached hydrogen (secondary N) is 2. The summed E-state index contributed by atoms with van der Waals surface area (Å²) in [6.45, 7) is 5.30. The van der Waals surface area contributed by atoms with Crippen LogP contribution in [-0.2, 0) is 12.2 Å². The smallest absolute Gasteiger partial charge is 0.390 e. The third-order valence-corrected chi connectivity index (χ3v) is 8.07. The summed E-state index contributed by atoms with van der Waals surface area (Å²) >= 11 is 0. The number of rotatable bonds is 7. The van der Waals surface area contributed by atoms with E-state index in [-0.39, 0.29) is 24.7 Å². The van der Waals surface area contributed by atoms with E-state index in [1.807, 2.05) is 31.2 Å². The van der Waals surface area contributed by atoms with Crippen molar-refractivity contribution in [3.05, 3.63) is 52.7 Å². The summed E-state index contributed by atoms with van der Waals surface area (Å²) in [4.78, 5) is 1.81. The van der Waals surface area contributed by atoms with Gasteiger partial charge in [0.15, 0.2) is 0 Å². The van der Waals surface area contributed by atoms with Crippen LogP contribution in [0.3, 0.4) is 0 Å². The minimum absolute atomic E-state index is 0.0346. The van der Waals surface area contributed by atoms with Gasteiger partial charge in [0, 0.05) is 61.2 Å². The molecule has 0 radical (unpaired) electrons. The molecule has 2 fully saturated rings. The lowest BCUT2D eigenvalue weighted by Gasteiger charge is -2.40. The van der Waals surface area contributed by atoms with Gasteiger partial charge < -0.3 is 15.4 Å². The Balaban J connectivity index is 1.25. The Morgan fingerprint density at radius 2 is 1.89 bits per heavy atom. The van der Waals surface area contributed by atoms with Gasteiger partial charge in [0.05, 0.1) is 36.8 Å². The predicted molar refractivity (Wildman–Crippen MR) is 138 cm³/mol. The number of benzene rings is 2. The molecule has 3 aliphatic rings. The first-order chi connectivity index (χ1) is 18.0. The summed E-state index contributed by atoms with van der Waals surface area (Å²) < 4.78 is 59.8. The largest absolute Gasteiger partial charge is 0.496 e. The SMILES string of the molecule is COc1cc(NC2CN(CCC(F)(F)F)C2)ccc1[C@H]1N[C@H](C)Cc2c1ccc1c2c(C)nn1C1(F)CC1. The highest BCUT2D eigenvalue weighted by molar-refractivity contribution is 5.87. The third-order valence-electron chi connectivity index (χ3n) is 8.07. The Morgan fingerprint density at radius 3 is 2.58 bits per heavy atom. The van der Waals surface area contributed by atoms with Crippen molar-refractivity contribution in [2.75, 3.05) is 32.1 Å². The van der Waals surface area contributed by atoms with E-state index in [9.17, 15) is 13.2 Å². The maximum Gasteiger partial charge on any atom is 0.390 e. The number of aromatic nitrogens is 2. The van der Waals surface area contributed by atoms with E-state index in [4.69, 9.17) is 4.74 Å². The Hall–Kier alpha value is -2.85. The molecule has 1 saturated heterocycles. The van der Waals surface area contributed by atoms with Crippen molar-refractivity contribution >= 4 is 16.6 Å². The van der Waals surface area contributed by atoms with Crippen LogP contribution in [0.25, 0.3) is 10.9 Å². The molecule has 2 aromatic carbocycles. The number of ether oxygens (including phenoxy) is 1. The number of halogens is 4. The number of hydrogen-bond donors (Lipinski definition) is 2. The van der Waals surface area contributed by atoms with Gasteiger partial charge in [-0.2, -0.15) is 18.3 Å². The number of fused-ring (bicyclic) bond motifs is 3. The van der Waals surface area contributed by atoms with Crippen molar-refractivity contribution in [1.29, 1.82) is 0 Å². The molecule has 1 saturated carbocycles. The van der Waals surface area contributed by atoms with E-state index in [0.717, 1.165) is 45.6 Å². The van der Waals surface area contributed by atoms with Crippen LogP contribution >= 0.6 is 0 Å². The molecule has 0 unspecified atom stereocenters. The van der Waals surface area contributed by atoms with E-state index in [1.54, 1.807) is 16.7 Å². The second kappa shape index (κ2) is 9.12. The average molecular weight is 532 g/mol. The fourth-order valence-corrected chi connectivity index (χ4v) is 6.00. The minimum atomic E-state index is -4.12. The lowest BCUT2D eigenvalue weighted by atomic mass is 9.84. The summed E-state index contributed by atoms with van der Waals surface area (Å²) in [6.07, 6.45) is -3.07. The van der Waals surface area contributed by atoms with Gasteiger partial charge in [-0.05, 0) is 43.5 Å². The summed E-state index contributed by atoms with van der Waals surface area (Å²) in [5, 5.41) is 12.8. The second-order valence-electron chi connectivity index (χ2n) is 11.1. The molecule has 3 aromatic rings. The van der Waals surface area contributed by atoms with E-state index in [0.29, 0.717) is 25.9 Å². The molecule has 6 nitrogen and oxygen atoms in total. The first-order valence-corrected chi connectivity index (χ1v) is 13.2. The minimum Gasteiger partial charge on any atom is -0.496 e. The Kier molecular flexibility index (Phi) is 6.10. The molecular weight excluding hydrogens is 498 g/mol. The van der Waals surface area contributed by atoms with Crippen molar-refractivity contribution in [2.24, 2.45) is 0 Å². The van der Waals surface area contributed by atoms with E-state index in [1.165, 1.54) is 5.56 Å². The molecule has 2 aliphatic heterocycles. The van der Waals surface area contributed by atoms with Gasteiger partial charge in [0.25, 0.3) is 0 Å². The summed E-state index contributed by atoms with van der Waals surface area (Å²) in [6, 6.07) is 10.3. The fourth-order valence-electron chi connectivity index (χ4n) is 6.00. The first kappa shape index (κ1) is 25.4. The molecule has 0 bridgehead atoms. The van der Waals surface area contributed by atoms with Gasteiger partial charge in [-0.15, -0.1) is 0 Å². The van der Waals surface area contributed by atoms with Crippen LogP contribution in [0.1, 0.15) is 54.6 Å². The average Bonchev–Trinajstić information content (AvgIpc) is 3.49. The normalized spacial score (nSPS) is 23.2. The summed E-state index contributed by atoms with van der Waals surface area (Å²) in [7, 11) is 1.64. The van der Waals surface area contributed by atoms with E-state index in [2.05, 4.69) is 28.7 Å². The number of aryl methyl sites for hydroxylation is 1. The molecule has 1 aromatic heterocycles. The van der Waals surface area contributed by atoms with Crippen LogP contribution in [0.5, 0.6) is 5.75 Å². The van der Waals surface area contributed by atoms with Crippen LogP contribution in [0, 0.1) is 6.92 Å². The molecule has 6 rings (SSSR count). The Labute approximate surface area is 219 Å². The zero-order valence-corrected chi connectivity index (χ0v) is 21.8. The first-order valence-electron chi connectivity index (χ1n) is 13.2. The van der Waals surface area contributed by atoms with Crippen molar-refractivity contribution < 1.29 is 22.3 Å². The number of alkyl halides is 4. The van der Waals surface area contributed by atoms with Crippen LogP contribution < -0.4 is 15.4 Å². The van der Waals surface area contributed by atoms with Crippen molar-refractivity contribution in [3.8, 4) is 5.75 Å². The number of likely N-dealkylation sites (tertiary alicyclic amines) is 1. The van der Waals surface area contributed by atoms with Crippen molar-refractivity contribution in [3.63, 3.8) is 0 Å². The highest BCUT2D eigenvalue weighted by atomic mass is 19.4. The monoisotopic (exact) mass is 531 g/mol. The zero-order valence-electron chi connectivity index (χ0n) is 21.8. The summed E-state index contributed by atoms with van der Waals surface area (Å²) in [5.74, 6) is -0.630. The zero-order chi connectivity index (χ0) is 26.8. The lowest BCUT2D eigenvalue weighted by Crippen LogP contribution is -2.55. The van der Waals surface area contributed by atoms with Gasteiger partial charge in [-0.3, -0.25) is 4.90 Å². The number of nitrogens with zero attached hydrogens (tertiary/aromatic N) is 3. The molecule has 38 heavy (non-hydrogen) atoms. The molecule has 204 valence electrons. The van der Waals surface area contributed by atoms with Gasteiger partial charge >= 0.3 is 6.18 Å². The number of hydrogen-bond acceptors (Lipinski definition) is 5. The fraction of sp³-hybridized carbons (Fsp3) is 0.536. The molecule has 0 amide bonds. The van der Waals surface area contributed by atoms with Crippen LogP contribution in [0.15, 0.2) is 30.3 Å². The van der Waals surface area contributed by atoms with E-state index < -0.39 is 18.4 Å². The molecule has 10 heteroatoms. The van der Waals surface area contributed by atoms with Crippen molar-refractivity contribution in [2.45, 2.75) is 69.6 Å². The maximum absolute atomic E-state index is 15.0. The van der Waals surface area contributed by atoms with Crippen LogP contribution in [0.4, 0.5) is 23.2 Å². The molecule has 3 heterocycles. The predicted octanol–water partition coefficient (Wildman–Crippen LogP) is 5.44. The number of anilines is 1.